The highest BCUT2D eigenvalue weighted by atomic mass is 16.5. The van der Waals surface area contributed by atoms with Crippen LogP contribution in [-0.2, 0) is 9.47 Å². The highest BCUT2D eigenvalue weighted by Gasteiger charge is 2.18. The van der Waals surface area contributed by atoms with Crippen molar-refractivity contribution >= 4 is 28.1 Å². The molecule has 0 spiro atoms. The van der Waals surface area contributed by atoms with Gasteiger partial charge in [-0.3, -0.25) is 14.3 Å². The Morgan fingerprint density at radius 1 is 1.10 bits per heavy atom. The molecular formula is C28H32N6O5. The lowest BCUT2D eigenvalue weighted by Crippen LogP contribution is -2.43. The number of methoxy groups -OCH3 is 1. The molecule has 3 N–H and O–H groups in total. The van der Waals surface area contributed by atoms with Crippen molar-refractivity contribution in [2.75, 3.05) is 69.9 Å². The molecule has 0 radical (unpaired) electrons. The predicted octanol–water partition coefficient (Wildman–Crippen LogP) is 2.83. The summed E-state index contributed by atoms with van der Waals surface area (Å²) < 4.78 is 17.7. The molecule has 0 saturated carbocycles. The van der Waals surface area contributed by atoms with Crippen molar-refractivity contribution in [3.63, 3.8) is 0 Å². The van der Waals surface area contributed by atoms with Crippen molar-refractivity contribution in [3.8, 4) is 17.4 Å². The third kappa shape index (κ3) is 6.28. The standard InChI is InChI=1S/C28H32N6O5/c1-37-13-14-38-15-16-39-21-6-5-20-19-34(28(36)22(20)17-21)26-4-2-3-23(31-26)27(35)32-24-18-30-8-7-25(24)33-11-9-29-10-12-33/h2-8,17-19,29,36H,9-16H2,1H3,(H,32,35). The fourth-order valence-corrected chi connectivity index (χ4v) is 4.43. The number of rotatable bonds is 11. The van der Waals surface area contributed by atoms with Gasteiger partial charge in [-0.15, -0.1) is 0 Å². The largest absolute Gasteiger partial charge is 0.494 e. The molecule has 1 amide bonds. The fourth-order valence-electron chi connectivity index (χ4n) is 4.43. The molecule has 0 aliphatic carbocycles. The molecule has 4 heterocycles. The van der Waals surface area contributed by atoms with E-state index in [0.29, 0.717) is 49.1 Å². The summed E-state index contributed by atoms with van der Waals surface area (Å²) in [6.45, 7) is 5.30. The van der Waals surface area contributed by atoms with Gasteiger partial charge in [0.05, 0.1) is 37.4 Å². The number of piperazine rings is 1. The van der Waals surface area contributed by atoms with E-state index in [1.807, 2.05) is 18.2 Å². The Kier molecular flexibility index (Phi) is 8.51. The Morgan fingerprint density at radius 2 is 1.95 bits per heavy atom. The third-order valence-corrected chi connectivity index (χ3v) is 6.41. The summed E-state index contributed by atoms with van der Waals surface area (Å²) in [5.41, 5.74) is 1.77. The monoisotopic (exact) mass is 532 g/mol. The minimum atomic E-state index is -0.360. The van der Waals surface area contributed by atoms with Gasteiger partial charge in [0.15, 0.2) is 0 Å². The van der Waals surface area contributed by atoms with E-state index in [2.05, 4.69) is 25.5 Å². The van der Waals surface area contributed by atoms with Crippen LogP contribution in [0.3, 0.4) is 0 Å². The Morgan fingerprint density at radius 3 is 2.79 bits per heavy atom. The maximum Gasteiger partial charge on any atom is 0.274 e. The van der Waals surface area contributed by atoms with Gasteiger partial charge in [-0.25, -0.2) is 4.98 Å². The van der Waals surface area contributed by atoms with E-state index in [-0.39, 0.29) is 17.5 Å². The van der Waals surface area contributed by atoms with Gasteiger partial charge < -0.3 is 34.9 Å². The number of ether oxygens (including phenoxy) is 3. The molecule has 5 rings (SSSR count). The first kappa shape index (κ1) is 26.4. The number of carbonyl (C=O) groups excluding carboxylic acids is 1. The number of benzene rings is 1. The van der Waals surface area contributed by atoms with Crippen LogP contribution >= 0.6 is 0 Å². The number of fused-ring (bicyclic) bond motifs is 1. The Bertz CT molecular complexity index is 1420. The van der Waals surface area contributed by atoms with Crippen LogP contribution in [0.15, 0.2) is 61.1 Å². The van der Waals surface area contributed by atoms with Gasteiger partial charge in [0.25, 0.3) is 5.91 Å². The molecule has 11 nitrogen and oxygen atoms in total. The zero-order chi connectivity index (χ0) is 27.0. The maximum atomic E-state index is 13.2. The molecule has 1 fully saturated rings. The van der Waals surface area contributed by atoms with Crippen LogP contribution in [-0.4, -0.2) is 85.3 Å². The second-order valence-corrected chi connectivity index (χ2v) is 8.99. The van der Waals surface area contributed by atoms with Crippen LogP contribution < -0.4 is 20.3 Å². The smallest absolute Gasteiger partial charge is 0.274 e. The number of hydrogen-bond donors (Lipinski definition) is 3. The molecular weight excluding hydrogens is 500 g/mol. The lowest BCUT2D eigenvalue weighted by molar-refractivity contribution is 0.0544. The first-order chi connectivity index (χ1) is 19.1. The normalized spacial score (nSPS) is 13.5. The van der Waals surface area contributed by atoms with Gasteiger partial charge in [0.2, 0.25) is 5.88 Å². The van der Waals surface area contributed by atoms with Gasteiger partial charge >= 0.3 is 0 Å². The molecule has 11 heteroatoms. The van der Waals surface area contributed by atoms with Crippen LogP contribution in [0.4, 0.5) is 11.4 Å². The molecule has 204 valence electrons. The number of pyridine rings is 2. The van der Waals surface area contributed by atoms with Crippen LogP contribution in [0.2, 0.25) is 0 Å². The number of nitrogens with zero attached hydrogens (tertiary/aromatic N) is 4. The summed E-state index contributed by atoms with van der Waals surface area (Å²) in [5, 5.41) is 18.7. The topological polar surface area (TPSA) is 123 Å². The van der Waals surface area contributed by atoms with E-state index in [4.69, 9.17) is 14.2 Å². The highest BCUT2D eigenvalue weighted by Crippen LogP contribution is 2.32. The Labute approximate surface area is 226 Å². The lowest BCUT2D eigenvalue weighted by Gasteiger charge is -2.30. The van der Waals surface area contributed by atoms with Crippen LogP contribution in [0.25, 0.3) is 16.6 Å². The van der Waals surface area contributed by atoms with Gasteiger partial charge in [-0.05, 0) is 36.4 Å². The number of nitrogens with one attached hydrogen (secondary N) is 2. The van der Waals surface area contributed by atoms with E-state index in [1.165, 1.54) is 0 Å². The lowest BCUT2D eigenvalue weighted by atomic mass is 10.2. The van der Waals surface area contributed by atoms with Crippen molar-refractivity contribution in [1.82, 2.24) is 19.9 Å². The second-order valence-electron chi connectivity index (χ2n) is 8.99. The van der Waals surface area contributed by atoms with Gasteiger partial charge in [-0.1, -0.05) is 6.07 Å². The minimum Gasteiger partial charge on any atom is -0.494 e. The van der Waals surface area contributed by atoms with Crippen molar-refractivity contribution in [2.24, 2.45) is 0 Å². The molecule has 4 aromatic rings. The van der Waals surface area contributed by atoms with Crippen molar-refractivity contribution < 1.29 is 24.1 Å². The predicted molar refractivity (Wildman–Crippen MR) is 148 cm³/mol. The van der Waals surface area contributed by atoms with Gasteiger partial charge in [0.1, 0.15) is 23.9 Å². The van der Waals surface area contributed by atoms with E-state index in [9.17, 15) is 9.90 Å². The van der Waals surface area contributed by atoms with Crippen LogP contribution in [0.1, 0.15) is 10.5 Å². The summed E-state index contributed by atoms with van der Waals surface area (Å²) in [6, 6.07) is 12.5. The summed E-state index contributed by atoms with van der Waals surface area (Å²) in [7, 11) is 1.63. The highest BCUT2D eigenvalue weighted by molar-refractivity contribution is 6.04. The molecule has 0 unspecified atom stereocenters. The zero-order valence-electron chi connectivity index (χ0n) is 21.8. The Balaban J connectivity index is 1.31. The number of aromatic nitrogens is 3. The van der Waals surface area contributed by atoms with Crippen molar-refractivity contribution in [1.29, 1.82) is 0 Å². The first-order valence-corrected chi connectivity index (χ1v) is 12.9. The average molecular weight is 533 g/mol. The summed E-state index contributed by atoms with van der Waals surface area (Å²) >= 11 is 0. The number of aromatic hydroxyl groups is 1. The summed E-state index contributed by atoms with van der Waals surface area (Å²) in [6.07, 6.45) is 5.14. The van der Waals surface area contributed by atoms with Crippen LogP contribution in [0, 0.1) is 0 Å². The molecule has 39 heavy (non-hydrogen) atoms. The number of anilines is 2. The maximum absolute atomic E-state index is 13.2. The number of amides is 1. The van der Waals surface area contributed by atoms with Crippen LogP contribution in [0.5, 0.6) is 11.6 Å². The molecule has 1 saturated heterocycles. The van der Waals surface area contributed by atoms with Gasteiger partial charge in [0, 0.05) is 56.5 Å². The average Bonchev–Trinajstić information content (AvgIpc) is 3.31. The van der Waals surface area contributed by atoms with E-state index in [0.717, 1.165) is 37.3 Å². The number of carbonyl (C=O) groups is 1. The summed E-state index contributed by atoms with van der Waals surface area (Å²) in [5.74, 6) is 0.675. The molecule has 3 aromatic heterocycles. The SMILES string of the molecule is COCCOCCOc1ccc2cn(-c3cccc(C(=O)Nc4cnccc4N4CCNCC4)n3)c(O)c2c1. The molecule has 1 aliphatic heterocycles. The molecule has 0 atom stereocenters. The number of hydrogen-bond acceptors (Lipinski definition) is 9. The molecule has 1 aliphatic rings. The van der Waals surface area contributed by atoms with E-state index in [1.54, 1.807) is 54.5 Å². The molecule has 0 bridgehead atoms. The fraction of sp³-hybridized carbons (Fsp3) is 0.321. The minimum absolute atomic E-state index is 0.00473. The Hall–Kier alpha value is -4.19. The first-order valence-electron chi connectivity index (χ1n) is 12.9. The quantitative estimate of drug-likeness (QED) is 0.250. The zero-order valence-corrected chi connectivity index (χ0v) is 21.8. The van der Waals surface area contributed by atoms with E-state index < -0.39 is 0 Å². The van der Waals surface area contributed by atoms with Gasteiger partial charge in [-0.2, -0.15) is 0 Å². The van der Waals surface area contributed by atoms with Crippen molar-refractivity contribution in [2.45, 2.75) is 0 Å². The molecule has 1 aromatic carbocycles. The van der Waals surface area contributed by atoms with E-state index >= 15 is 0 Å². The third-order valence-electron chi connectivity index (χ3n) is 6.41. The summed E-state index contributed by atoms with van der Waals surface area (Å²) in [4.78, 5) is 24.1. The second kappa shape index (κ2) is 12.6. The van der Waals surface area contributed by atoms with Crippen molar-refractivity contribution in [3.05, 3.63) is 66.7 Å².